The lowest BCUT2D eigenvalue weighted by molar-refractivity contribution is -0.150. The maximum absolute atomic E-state index is 13.4. The van der Waals surface area contributed by atoms with E-state index in [4.69, 9.17) is 0 Å². The molecule has 2 bridgehead atoms. The Bertz CT molecular complexity index is 730. The van der Waals surface area contributed by atoms with E-state index in [1.165, 1.54) is 25.9 Å². The second kappa shape index (κ2) is 7.74. The van der Waals surface area contributed by atoms with Crippen molar-refractivity contribution in [1.29, 1.82) is 0 Å². The average molecular weight is 400 g/mol. The first-order chi connectivity index (χ1) is 14.1. The van der Waals surface area contributed by atoms with Crippen LogP contribution in [-0.2, 0) is 4.79 Å². The SMILES string of the molecule is O=C(c1cn[nH]c1)N1CCC(C2CCN(C(=O)C34CCCN(CCC3)C4)CC2)C1. The normalized spacial score (nSPS) is 33.1. The molecule has 4 saturated heterocycles. The molecule has 158 valence electrons. The summed E-state index contributed by atoms with van der Waals surface area (Å²) in [6.45, 7) is 6.82. The highest BCUT2D eigenvalue weighted by Crippen LogP contribution is 2.41. The number of hydrogen-bond acceptors (Lipinski definition) is 4. The molecule has 0 aliphatic carbocycles. The van der Waals surface area contributed by atoms with Gasteiger partial charge in [-0.3, -0.25) is 14.7 Å². The van der Waals surface area contributed by atoms with Crippen LogP contribution in [0.1, 0.15) is 55.3 Å². The maximum atomic E-state index is 13.4. The molecule has 0 radical (unpaired) electrons. The van der Waals surface area contributed by atoms with Gasteiger partial charge in [-0.05, 0) is 69.9 Å². The molecule has 1 N–H and O–H groups in total. The van der Waals surface area contributed by atoms with E-state index >= 15 is 0 Å². The smallest absolute Gasteiger partial charge is 0.257 e. The van der Waals surface area contributed by atoms with Crippen LogP contribution in [0.4, 0.5) is 0 Å². The van der Waals surface area contributed by atoms with Crippen LogP contribution in [0.25, 0.3) is 0 Å². The van der Waals surface area contributed by atoms with Gasteiger partial charge in [-0.2, -0.15) is 5.10 Å². The standard InChI is InChI=1S/C22H33N5O2/c28-20(19-13-23-24-14-19)27-12-5-18(15-27)17-3-10-26(11-4-17)21(29)22-6-1-8-25(16-22)9-2-7-22/h13-14,17-18H,1-12,15-16H2,(H,23,24). The van der Waals surface area contributed by atoms with Crippen molar-refractivity contribution in [1.82, 2.24) is 24.9 Å². The summed E-state index contributed by atoms with van der Waals surface area (Å²) in [4.78, 5) is 32.6. The molecule has 1 unspecified atom stereocenters. The Hall–Kier alpha value is -1.89. The largest absolute Gasteiger partial charge is 0.342 e. The van der Waals surface area contributed by atoms with Gasteiger partial charge in [-0.1, -0.05) is 0 Å². The number of nitrogens with one attached hydrogen (secondary N) is 1. The van der Waals surface area contributed by atoms with Gasteiger partial charge in [0.05, 0.1) is 17.2 Å². The van der Waals surface area contributed by atoms with Gasteiger partial charge < -0.3 is 14.7 Å². The zero-order chi connectivity index (χ0) is 19.8. The van der Waals surface area contributed by atoms with Gasteiger partial charge in [-0.15, -0.1) is 0 Å². The van der Waals surface area contributed by atoms with Gasteiger partial charge in [0.1, 0.15) is 0 Å². The van der Waals surface area contributed by atoms with Crippen LogP contribution in [0.15, 0.2) is 12.4 Å². The first-order valence-electron chi connectivity index (χ1n) is 11.4. The molecular weight excluding hydrogens is 366 g/mol. The van der Waals surface area contributed by atoms with Crippen molar-refractivity contribution in [2.45, 2.75) is 44.9 Å². The lowest BCUT2D eigenvalue weighted by atomic mass is 9.72. The minimum absolute atomic E-state index is 0.0899. The monoisotopic (exact) mass is 399 g/mol. The third-order valence-electron chi connectivity index (χ3n) is 7.99. The molecule has 2 amide bonds. The fourth-order valence-electron chi connectivity index (χ4n) is 6.36. The highest BCUT2D eigenvalue weighted by atomic mass is 16.2. The fraction of sp³-hybridized carbons (Fsp3) is 0.773. The number of H-pyrrole nitrogens is 1. The predicted molar refractivity (Wildman–Crippen MR) is 109 cm³/mol. The van der Waals surface area contributed by atoms with E-state index in [9.17, 15) is 9.59 Å². The van der Waals surface area contributed by atoms with E-state index in [2.05, 4.69) is 20.0 Å². The Kier molecular flexibility index (Phi) is 5.10. The second-order valence-electron chi connectivity index (χ2n) is 9.68. The third kappa shape index (κ3) is 3.58. The minimum atomic E-state index is -0.0928. The third-order valence-corrected chi connectivity index (χ3v) is 7.99. The minimum Gasteiger partial charge on any atom is -0.342 e. The number of hydrogen-bond donors (Lipinski definition) is 1. The molecule has 0 spiro atoms. The van der Waals surface area contributed by atoms with Crippen LogP contribution in [0.3, 0.4) is 0 Å². The Morgan fingerprint density at radius 1 is 0.966 bits per heavy atom. The first-order valence-corrected chi connectivity index (χ1v) is 11.4. The van der Waals surface area contributed by atoms with Crippen LogP contribution < -0.4 is 0 Å². The summed E-state index contributed by atoms with van der Waals surface area (Å²) >= 11 is 0. The van der Waals surface area contributed by atoms with Crippen molar-refractivity contribution in [3.63, 3.8) is 0 Å². The molecule has 29 heavy (non-hydrogen) atoms. The van der Waals surface area contributed by atoms with Crippen molar-refractivity contribution < 1.29 is 9.59 Å². The predicted octanol–water partition coefficient (Wildman–Crippen LogP) is 1.99. The van der Waals surface area contributed by atoms with Gasteiger partial charge in [0, 0.05) is 38.9 Å². The quantitative estimate of drug-likeness (QED) is 0.844. The van der Waals surface area contributed by atoms with E-state index in [0.717, 1.165) is 64.8 Å². The number of fused-ring (bicyclic) bond motifs is 2. The molecule has 5 heterocycles. The van der Waals surface area contributed by atoms with Gasteiger partial charge in [-0.25, -0.2) is 0 Å². The number of aromatic amines is 1. The zero-order valence-corrected chi connectivity index (χ0v) is 17.3. The number of nitrogens with zero attached hydrogens (tertiary/aromatic N) is 4. The molecule has 5 rings (SSSR count). The average Bonchev–Trinajstić information content (AvgIpc) is 3.45. The van der Waals surface area contributed by atoms with Crippen molar-refractivity contribution in [2.75, 3.05) is 45.8 Å². The van der Waals surface area contributed by atoms with Crippen LogP contribution >= 0.6 is 0 Å². The fourth-order valence-corrected chi connectivity index (χ4v) is 6.36. The second-order valence-corrected chi connectivity index (χ2v) is 9.68. The maximum Gasteiger partial charge on any atom is 0.257 e. The van der Waals surface area contributed by atoms with Crippen molar-refractivity contribution >= 4 is 11.8 Å². The number of amides is 2. The highest BCUT2D eigenvalue weighted by molar-refractivity contribution is 5.93. The molecule has 4 fully saturated rings. The van der Waals surface area contributed by atoms with Gasteiger partial charge in [0.2, 0.25) is 5.91 Å². The number of rotatable bonds is 3. The topological polar surface area (TPSA) is 72.5 Å². The number of aromatic nitrogens is 2. The summed E-state index contributed by atoms with van der Waals surface area (Å²) in [5, 5.41) is 6.62. The van der Waals surface area contributed by atoms with E-state index in [1.807, 2.05) is 4.90 Å². The molecule has 7 nitrogen and oxygen atoms in total. The van der Waals surface area contributed by atoms with Gasteiger partial charge >= 0.3 is 0 Å². The number of carbonyl (C=O) groups excluding carboxylic acids is 2. The molecule has 4 aliphatic rings. The summed E-state index contributed by atoms with van der Waals surface area (Å²) in [7, 11) is 0. The number of piperidine rings is 3. The van der Waals surface area contributed by atoms with Crippen LogP contribution in [0.5, 0.6) is 0 Å². The highest BCUT2D eigenvalue weighted by Gasteiger charge is 2.47. The van der Waals surface area contributed by atoms with Crippen LogP contribution in [-0.4, -0.2) is 82.5 Å². The molecule has 1 atom stereocenters. The first kappa shape index (κ1) is 19.1. The van der Waals surface area contributed by atoms with Crippen molar-refractivity contribution in [2.24, 2.45) is 17.3 Å². The summed E-state index contributed by atoms with van der Waals surface area (Å²) in [5.41, 5.74) is 0.559. The summed E-state index contributed by atoms with van der Waals surface area (Å²) in [5.74, 6) is 1.73. The van der Waals surface area contributed by atoms with E-state index in [-0.39, 0.29) is 11.3 Å². The molecule has 1 aromatic rings. The molecule has 1 aromatic heterocycles. The molecule has 4 aliphatic heterocycles. The Balaban J connectivity index is 1.15. The van der Waals surface area contributed by atoms with Crippen LogP contribution in [0.2, 0.25) is 0 Å². The van der Waals surface area contributed by atoms with Gasteiger partial charge in [0.15, 0.2) is 0 Å². The lowest BCUT2D eigenvalue weighted by Gasteiger charge is -2.49. The summed E-state index contributed by atoms with van der Waals surface area (Å²) in [6.07, 6.45) is 11.0. The van der Waals surface area contributed by atoms with E-state index < -0.39 is 0 Å². The number of carbonyl (C=O) groups is 2. The van der Waals surface area contributed by atoms with Crippen molar-refractivity contribution in [3.8, 4) is 0 Å². The Morgan fingerprint density at radius 3 is 2.34 bits per heavy atom. The van der Waals surface area contributed by atoms with E-state index in [1.54, 1.807) is 12.4 Å². The lowest BCUT2D eigenvalue weighted by Crippen LogP contribution is -2.57. The van der Waals surface area contributed by atoms with E-state index in [0.29, 0.717) is 23.3 Å². The molecule has 0 aromatic carbocycles. The summed E-state index contributed by atoms with van der Waals surface area (Å²) in [6, 6.07) is 0. The summed E-state index contributed by atoms with van der Waals surface area (Å²) < 4.78 is 0. The Morgan fingerprint density at radius 2 is 1.66 bits per heavy atom. The van der Waals surface area contributed by atoms with Crippen molar-refractivity contribution in [3.05, 3.63) is 18.0 Å². The zero-order valence-electron chi connectivity index (χ0n) is 17.3. The molecular formula is C22H33N5O2. The molecule has 7 heteroatoms. The van der Waals surface area contributed by atoms with Crippen LogP contribution in [0, 0.1) is 17.3 Å². The number of likely N-dealkylation sites (tertiary alicyclic amines) is 2. The Labute approximate surface area is 172 Å². The van der Waals surface area contributed by atoms with Gasteiger partial charge in [0.25, 0.3) is 5.91 Å². The molecule has 0 saturated carbocycles.